The molecule has 2 fully saturated rings. The number of hydrogen-bond acceptors (Lipinski definition) is 5. The molecule has 0 bridgehead atoms. The van der Waals surface area contributed by atoms with Crippen LogP contribution in [0.25, 0.3) is 0 Å². The Morgan fingerprint density at radius 1 is 1.17 bits per heavy atom. The second-order valence-electron chi connectivity index (χ2n) is 8.48. The molecule has 160 valence electrons. The van der Waals surface area contributed by atoms with Crippen molar-refractivity contribution in [1.29, 1.82) is 0 Å². The van der Waals surface area contributed by atoms with Gasteiger partial charge in [0.1, 0.15) is 5.60 Å². The van der Waals surface area contributed by atoms with E-state index in [4.69, 9.17) is 0 Å². The molecule has 3 atom stereocenters. The molecule has 0 radical (unpaired) electrons. The van der Waals surface area contributed by atoms with Crippen molar-refractivity contribution in [3.8, 4) is 11.8 Å². The Hall–Kier alpha value is -1.43. The van der Waals surface area contributed by atoms with E-state index in [0.717, 1.165) is 30.5 Å². The highest BCUT2D eigenvalue weighted by Crippen LogP contribution is 2.42. The van der Waals surface area contributed by atoms with Crippen molar-refractivity contribution in [2.75, 3.05) is 32.0 Å². The summed E-state index contributed by atoms with van der Waals surface area (Å²) in [5.41, 5.74) is 0.872. The molecule has 0 saturated carbocycles. The van der Waals surface area contributed by atoms with Gasteiger partial charge in [-0.05, 0) is 57.9 Å². The van der Waals surface area contributed by atoms with E-state index in [-0.39, 0.29) is 30.4 Å². The predicted octanol–water partition coefficient (Wildman–Crippen LogP) is 1.38. The van der Waals surface area contributed by atoms with Gasteiger partial charge in [-0.2, -0.15) is 0 Å². The van der Waals surface area contributed by atoms with Crippen LogP contribution in [-0.2, 0) is 10.0 Å². The summed E-state index contributed by atoms with van der Waals surface area (Å²) in [6, 6.07) is 7.95. The fourth-order valence-corrected chi connectivity index (χ4v) is 5.51. The second-order valence-corrected chi connectivity index (χ2v) is 10.7. The monoisotopic (exact) mass is 420 g/mol. The molecule has 1 aromatic rings. The van der Waals surface area contributed by atoms with Crippen LogP contribution in [0.4, 0.5) is 0 Å². The fourth-order valence-electron chi connectivity index (χ4n) is 4.36. The predicted molar refractivity (Wildman–Crippen MR) is 114 cm³/mol. The van der Waals surface area contributed by atoms with Gasteiger partial charge in [-0.15, -0.1) is 0 Å². The number of hydrogen-bond donors (Lipinski definition) is 2. The summed E-state index contributed by atoms with van der Waals surface area (Å²) in [5.74, 6) is 5.98. The van der Waals surface area contributed by atoms with Crippen molar-refractivity contribution in [2.45, 2.75) is 57.2 Å². The van der Waals surface area contributed by atoms with Crippen LogP contribution in [-0.4, -0.2) is 77.5 Å². The van der Waals surface area contributed by atoms with Crippen LogP contribution in [0.15, 0.2) is 24.3 Å². The van der Waals surface area contributed by atoms with Gasteiger partial charge in [0, 0.05) is 36.7 Å². The zero-order chi connectivity index (χ0) is 21.2. The van der Waals surface area contributed by atoms with Gasteiger partial charge in [-0.3, -0.25) is 4.90 Å². The minimum absolute atomic E-state index is 0.0117. The van der Waals surface area contributed by atoms with Crippen LogP contribution in [0.2, 0.25) is 0 Å². The molecule has 2 N–H and O–H groups in total. The SMILES string of the molecule is CCS(=O)(=O)N1CCCCN2[C@H](C1)[C@@H](c1ccc(C#CC(C)(C)O)cc1)[C@@H]2CO. The lowest BCUT2D eigenvalue weighted by Gasteiger charge is -2.57. The Morgan fingerprint density at radius 3 is 2.41 bits per heavy atom. The van der Waals surface area contributed by atoms with E-state index in [1.807, 2.05) is 24.3 Å². The van der Waals surface area contributed by atoms with Crippen LogP contribution >= 0.6 is 0 Å². The molecule has 6 nitrogen and oxygen atoms in total. The van der Waals surface area contributed by atoms with Crippen molar-refractivity contribution >= 4 is 10.0 Å². The third-order valence-corrected chi connectivity index (χ3v) is 7.75. The largest absolute Gasteiger partial charge is 0.395 e. The summed E-state index contributed by atoms with van der Waals surface area (Å²) < 4.78 is 26.7. The topological polar surface area (TPSA) is 81.1 Å². The number of aliphatic hydroxyl groups is 2. The fraction of sp³-hybridized carbons (Fsp3) is 0.636. The molecule has 29 heavy (non-hydrogen) atoms. The summed E-state index contributed by atoms with van der Waals surface area (Å²) in [6.07, 6.45) is 1.78. The molecule has 0 spiro atoms. The highest BCUT2D eigenvalue weighted by atomic mass is 32.2. The number of nitrogens with zero attached hydrogens (tertiary/aromatic N) is 2. The molecule has 2 heterocycles. The molecule has 2 aliphatic rings. The van der Waals surface area contributed by atoms with E-state index in [1.165, 1.54) is 0 Å². The molecule has 2 saturated heterocycles. The standard InChI is InChI=1S/C22H32N2O4S/c1-4-29(27,28)23-13-5-6-14-24-19(15-23)21(20(24)16-25)18-9-7-17(8-10-18)11-12-22(2,3)26/h7-10,19-21,25-26H,4-6,13-16H2,1-3H3/t19-,20+,21-/m1/s1. The summed E-state index contributed by atoms with van der Waals surface area (Å²) >= 11 is 0. The van der Waals surface area contributed by atoms with Gasteiger partial charge in [0.05, 0.1) is 12.4 Å². The number of aliphatic hydroxyl groups excluding tert-OH is 1. The lowest BCUT2D eigenvalue weighted by Crippen LogP contribution is -2.67. The first-order valence-corrected chi connectivity index (χ1v) is 12.0. The van der Waals surface area contributed by atoms with Crippen molar-refractivity contribution < 1.29 is 18.6 Å². The molecular weight excluding hydrogens is 388 g/mol. The maximum absolute atomic E-state index is 12.5. The number of benzene rings is 1. The minimum atomic E-state index is -3.24. The average Bonchev–Trinajstić information content (AvgIpc) is 2.65. The smallest absolute Gasteiger partial charge is 0.213 e. The Labute approximate surface area is 174 Å². The first-order chi connectivity index (χ1) is 13.7. The van der Waals surface area contributed by atoms with Crippen molar-refractivity contribution in [3.63, 3.8) is 0 Å². The van der Waals surface area contributed by atoms with Gasteiger partial charge < -0.3 is 10.2 Å². The average molecular weight is 421 g/mol. The van der Waals surface area contributed by atoms with Crippen molar-refractivity contribution in [1.82, 2.24) is 9.21 Å². The highest BCUT2D eigenvalue weighted by molar-refractivity contribution is 7.89. The van der Waals surface area contributed by atoms with E-state index >= 15 is 0 Å². The van der Waals surface area contributed by atoms with E-state index in [2.05, 4.69) is 16.7 Å². The summed E-state index contributed by atoms with van der Waals surface area (Å²) in [5, 5.41) is 19.8. The zero-order valence-corrected chi connectivity index (χ0v) is 18.3. The van der Waals surface area contributed by atoms with Crippen molar-refractivity contribution in [2.24, 2.45) is 0 Å². The lowest BCUT2D eigenvalue weighted by molar-refractivity contribution is -0.0553. The lowest BCUT2D eigenvalue weighted by atomic mass is 9.74. The van der Waals surface area contributed by atoms with Crippen molar-refractivity contribution in [3.05, 3.63) is 35.4 Å². The summed E-state index contributed by atoms with van der Waals surface area (Å²) in [7, 11) is -3.24. The van der Waals surface area contributed by atoms with Gasteiger partial charge in [-0.1, -0.05) is 24.0 Å². The maximum Gasteiger partial charge on any atom is 0.213 e. The first kappa shape index (κ1) is 22.3. The summed E-state index contributed by atoms with van der Waals surface area (Å²) in [6.45, 7) is 6.97. The molecule has 1 aromatic carbocycles. The third kappa shape index (κ3) is 5.01. The van der Waals surface area contributed by atoms with Gasteiger partial charge in [0.15, 0.2) is 0 Å². The maximum atomic E-state index is 12.5. The molecule has 2 aliphatic heterocycles. The van der Waals surface area contributed by atoms with Crippen LogP contribution < -0.4 is 0 Å². The number of sulfonamides is 1. The van der Waals surface area contributed by atoms with Gasteiger partial charge in [0.25, 0.3) is 0 Å². The summed E-state index contributed by atoms with van der Waals surface area (Å²) in [4.78, 5) is 2.27. The van der Waals surface area contributed by atoms with Gasteiger partial charge in [0.2, 0.25) is 10.0 Å². The van der Waals surface area contributed by atoms with E-state index in [0.29, 0.717) is 13.1 Å². The van der Waals surface area contributed by atoms with Crippen LogP contribution in [0.3, 0.4) is 0 Å². The van der Waals surface area contributed by atoms with E-state index in [9.17, 15) is 18.6 Å². The molecule has 0 unspecified atom stereocenters. The minimum Gasteiger partial charge on any atom is -0.395 e. The third-order valence-electron chi connectivity index (χ3n) is 5.90. The zero-order valence-electron chi connectivity index (χ0n) is 17.5. The van der Waals surface area contributed by atoms with Gasteiger partial charge in [-0.25, -0.2) is 12.7 Å². The molecule has 0 aliphatic carbocycles. The Balaban J connectivity index is 1.84. The molecular formula is C22H32N2O4S. The molecule has 0 aromatic heterocycles. The van der Waals surface area contributed by atoms with E-state index < -0.39 is 15.6 Å². The molecule has 7 heteroatoms. The normalized spacial score (nSPS) is 26.4. The number of rotatable bonds is 4. The Bertz CT molecular complexity index is 865. The highest BCUT2D eigenvalue weighted by Gasteiger charge is 2.49. The Morgan fingerprint density at radius 2 is 1.83 bits per heavy atom. The molecule has 3 rings (SSSR count). The van der Waals surface area contributed by atoms with Gasteiger partial charge >= 0.3 is 0 Å². The quantitative estimate of drug-likeness (QED) is 0.720. The second kappa shape index (κ2) is 8.75. The van der Waals surface area contributed by atoms with Crippen LogP contribution in [0.5, 0.6) is 0 Å². The van der Waals surface area contributed by atoms with E-state index in [1.54, 1.807) is 25.1 Å². The number of fused-ring (bicyclic) bond motifs is 1. The Kier molecular flexibility index (Phi) is 6.71. The van der Waals surface area contributed by atoms with Crippen LogP contribution in [0, 0.1) is 11.8 Å². The molecule has 0 amide bonds. The first-order valence-electron chi connectivity index (χ1n) is 10.4. The van der Waals surface area contributed by atoms with Crippen LogP contribution in [0.1, 0.15) is 50.7 Å².